The summed E-state index contributed by atoms with van der Waals surface area (Å²) in [6.45, 7) is 0. The van der Waals surface area contributed by atoms with Crippen LogP contribution in [0.4, 0.5) is 0 Å². The Morgan fingerprint density at radius 1 is 0.800 bits per heavy atom. The Kier molecular flexibility index (Phi) is 73.0. The summed E-state index contributed by atoms with van der Waals surface area (Å²) in [6.07, 6.45) is 0. The second-order valence-corrected chi connectivity index (χ2v) is 1.34. The van der Waals surface area contributed by atoms with Crippen LogP contribution in [-0.2, 0) is 10.4 Å². The van der Waals surface area contributed by atoms with Crippen molar-refractivity contribution in [1.82, 2.24) is 0 Å². The van der Waals surface area contributed by atoms with Gasteiger partial charge in [-0.2, -0.15) is 8.42 Å². The van der Waals surface area contributed by atoms with E-state index in [0.717, 1.165) is 0 Å². The van der Waals surface area contributed by atoms with Gasteiger partial charge in [0.05, 0.1) is 0 Å². The van der Waals surface area contributed by atoms with Crippen LogP contribution in [0.1, 0.15) is 0 Å². The van der Waals surface area contributed by atoms with E-state index in [9.17, 15) is 0 Å². The van der Waals surface area contributed by atoms with Crippen LogP contribution in [0.25, 0.3) is 0 Å². The molecule has 0 aliphatic rings. The molecular weight excluding hydrogens is 329 g/mol. The Morgan fingerprint density at radius 2 is 0.800 bits per heavy atom. The SMILES string of the molecule is O.O.O.O.O=S(=O)(O)O.[Tm]. The Labute approximate surface area is 86.2 Å². The molecule has 0 aliphatic heterocycles. The normalized spacial score (nSPS) is 5.80. The molecule has 0 aliphatic carbocycles. The number of hydrogen-bond donors (Lipinski definition) is 2. The van der Waals surface area contributed by atoms with Gasteiger partial charge in [-0.25, -0.2) is 0 Å². The zero-order valence-corrected chi connectivity index (χ0v) is 6.99. The van der Waals surface area contributed by atoms with Crippen molar-refractivity contribution in [3.05, 3.63) is 0 Å². The third-order valence-corrected chi connectivity index (χ3v) is 0. The van der Waals surface area contributed by atoms with Crippen molar-refractivity contribution >= 4 is 10.4 Å². The predicted molar refractivity (Wildman–Crippen MR) is 28.6 cm³/mol. The molecule has 10 N–H and O–H groups in total. The van der Waals surface area contributed by atoms with Crippen LogP contribution in [-0.4, -0.2) is 39.4 Å². The molecule has 0 rings (SSSR count). The van der Waals surface area contributed by atoms with Crippen molar-refractivity contribution in [2.75, 3.05) is 0 Å². The summed E-state index contributed by atoms with van der Waals surface area (Å²) >= 11 is 0. The minimum Gasteiger partial charge on any atom is -0.412 e. The second-order valence-electron chi connectivity index (χ2n) is 0.448. The van der Waals surface area contributed by atoms with Crippen LogP contribution in [0.2, 0.25) is 0 Å². The fourth-order valence-corrected chi connectivity index (χ4v) is 0. The average Bonchev–Trinajstić information content (AvgIpc) is 0.722. The summed E-state index contributed by atoms with van der Waals surface area (Å²) in [7, 11) is -4.67. The van der Waals surface area contributed by atoms with E-state index in [1.54, 1.807) is 0 Å². The quantitative estimate of drug-likeness (QED) is 0.424. The van der Waals surface area contributed by atoms with Crippen LogP contribution in [0.5, 0.6) is 0 Å². The maximum absolute atomic E-state index is 8.74. The van der Waals surface area contributed by atoms with Crippen molar-refractivity contribution in [1.29, 1.82) is 0 Å². The topological polar surface area (TPSA) is 201 Å². The third-order valence-electron chi connectivity index (χ3n) is 0. The van der Waals surface area contributed by atoms with Gasteiger partial charge in [-0.1, -0.05) is 0 Å². The zero-order chi connectivity index (χ0) is 4.50. The monoisotopic (exact) mass is 339 g/mol. The van der Waals surface area contributed by atoms with E-state index in [4.69, 9.17) is 17.5 Å². The van der Waals surface area contributed by atoms with Gasteiger partial charge in [-0.3, -0.25) is 9.11 Å². The summed E-state index contributed by atoms with van der Waals surface area (Å²) in [5.41, 5.74) is 0. The number of rotatable bonds is 0. The van der Waals surface area contributed by atoms with Gasteiger partial charge in [0, 0.05) is 36.9 Å². The summed E-state index contributed by atoms with van der Waals surface area (Å²) in [4.78, 5) is 0. The molecule has 0 unspecified atom stereocenters. The van der Waals surface area contributed by atoms with Gasteiger partial charge < -0.3 is 21.9 Å². The maximum Gasteiger partial charge on any atom is 0.394 e. The molecule has 77 valence electrons. The molecule has 0 aromatic carbocycles. The van der Waals surface area contributed by atoms with Crippen LogP contribution in [0.15, 0.2) is 0 Å². The number of hydrogen-bond acceptors (Lipinski definition) is 2. The molecule has 0 fully saturated rings. The largest absolute Gasteiger partial charge is 0.412 e. The van der Waals surface area contributed by atoms with Crippen molar-refractivity contribution in [2.45, 2.75) is 0 Å². The molecule has 0 aromatic rings. The second kappa shape index (κ2) is 16.5. The minimum atomic E-state index is -4.67. The van der Waals surface area contributed by atoms with Crippen molar-refractivity contribution in [3.63, 3.8) is 0 Å². The van der Waals surface area contributed by atoms with E-state index >= 15 is 0 Å². The molecular formula is H10O8STm. The summed E-state index contributed by atoms with van der Waals surface area (Å²) in [5, 5.41) is 0. The van der Waals surface area contributed by atoms with E-state index in [-0.39, 0.29) is 58.8 Å². The van der Waals surface area contributed by atoms with E-state index in [0.29, 0.717) is 0 Å². The molecule has 10 heteroatoms. The fourth-order valence-electron chi connectivity index (χ4n) is 0. The first kappa shape index (κ1) is 44.3. The van der Waals surface area contributed by atoms with Gasteiger partial charge in [-0.15, -0.1) is 0 Å². The summed E-state index contributed by atoms with van der Waals surface area (Å²) in [6, 6.07) is 0. The predicted octanol–water partition coefficient (Wildman–Crippen LogP) is -3.95. The fraction of sp³-hybridized carbons (Fsp3) is 0. The van der Waals surface area contributed by atoms with Gasteiger partial charge in [0.25, 0.3) is 0 Å². The smallest absolute Gasteiger partial charge is 0.394 e. The molecule has 0 heterocycles. The first-order valence-corrected chi connectivity index (χ1v) is 2.10. The van der Waals surface area contributed by atoms with Crippen molar-refractivity contribution < 1.29 is 76.3 Å². The van der Waals surface area contributed by atoms with E-state index in [1.165, 1.54) is 0 Å². The first-order valence-electron chi connectivity index (χ1n) is 0.698. The van der Waals surface area contributed by atoms with Crippen molar-refractivity contribution in [2.24, 2.45) is 0 Å². The molecule has 0 bridgehead atoms. The third kappa shape index (κ3) is 634. The van der Waals surface area contributed by atoms with Crippen LogP contribution < -0.4 is 0 Å². The van der Waals surface area contributed by atoms with Gasteiger partial charge >= 0.3 is 10.4 Å². The Balaban J connectivity index is -0.00000000800. The average molecular weight is 339 g/mol. The summed E-state index contributed by atoms with van der Waals surface area (Å²) < 4.78 is 31.6. The van der Waals surface area contributed by atoms with Gasteiger partial charge in [-0.05, 0) is 0 Å². The molecule has 1 radical (unpaired) electrons. The van der Waals surface area contributed by atoms with Gasteiger partial charge in [0.15, 0.2) is 0 Å². The molecule has 0 atom stereocenters. The molecule has 0 amide bonds. The van der Waals surface area contributed by atoms with Crippen LogP contribution >= 0.6 is 0 Å². The van der Waals surface area contributed by atoms with Gasteiger partial charge in [0.2, 0.25) is 0 Å². The minimum absolute atomic E-state index is 0. The summed E-state index contributed by atoms with van der Waals surface area (Å²) in [5.74, 6) is 0. The molecule has 10 heavy (non-hydrogen) atoms. The Hall–Kier alpha value is 0.944. The van der Waals surface area contributed by atoms with Crippen molar-refractivity contribution in [3.8, 4) is 0 Å². The van der Waals surface area contributed by atoms with E-state index < -0.39 is 10.4 Å². The molecule has 0 saturated carbocycles. The molecule has 0 spiro atoms. The van der Waals surface area contributed by atoms with Crippen LogP contribution in [0, 0.1) is 36.9 Å². The first-order chi connectivity index (χ1) is 2.00. The zero-order valence-electron chi connectivity index (χ0n) is 4.40. The molecule has 0 saturated heterocycles. The Morgan fingerprint density at radius 3 is 0.800 bits per heavy atom. The van der Waals surface area contributed by atoms with Crippen LogP contribution in [0.3, 0.4) is 0 Å². The molecule has 0 aromatic heterocycles. The maximum atomic E-state index is 8.74. The van der Waals surface area contributed by atoms with E-state index in [1.807, 2.05) is 0 Å². The Bertz CT molecular complexity index is 92.4. The van der Waals surface area contributed by atoms with E-state index in [2.05, 4.69) is 0 Å². The molecule has 8 nitrogen and oxygen atoms in total. The standard InChI is InChI=1S/H2O4S.4H2O.Tm/c1-5(2,3)4;;;;;/h(H2,1,2,3,4);4*1H2;. The van der Waals surface area contributed by atoms with Gasteiger partial charge in [0.1, 0.15) is 0 Å².